The molecule has 2 rings (SSSR count). The van der Waals surface area contributed by atoms with Gasteiger partial charge in [0, 0.05) is 5.39 Å². The first-order valence-electron chi connectivity index (χ1n) is 4.39. The zero-order chi connectivity index (χ0) is 9.97. The lowest BCUT2D eigenvalue weighted by Gasteiger charge is -2.03. The van der Waals surface area contributed by atoms with Crippen LogP contribution < -0.4 is 0 Å². The molecule has 1 nitrogen and oxygen atoms in total. The van der Waals surface area contributed by atoms with Crippen molar-refractivity contribution < 1.29 is 0 Å². The van der Waals surface area contributed by atoms with E-state index in [9.17, 15) is 0 Å². The number of aliphatic imine (C=N–C) groups is 1. The highest BCUT2D eigenvalue weighted by atomic mass is 32.1. The Kier molecular flexibility index (Phi) is 2.40. The zero-order valence-electron chi connectivity index (χ0n) is 7.82. The van der Waals surface area contributed by atoms with Gasteiger partial charge >= 0.3 is 0 Å². The van der Waals surface area contributed by atoms with Crippen molar-refractivity contribution in [2.75, 3.05) is 0 Å². The van der Waals surface area contributed by atoms with E-state index in [0.29, 0.717) is 0 Å². The maximum atomic E-state index is 4.61. The Bertz CT molecular complexity index is 525. The van der Waals surface area contributed by atoms with Gasteiger partial charge in [0.15, 0.2) is 0 Å². The van der Waals surface area contributed by atoms with Gasteiger partial charge in [-0.2, -0.15) is 4.99 Å². The van der Waals surface area contributed by atoms with Gasteiger partial charge in [-0.1, -0.05) is 30.3 Å². The van der Waals surface area contributed by atoms with Gasteiger partial charge < -0.3 is 0 Å². The second-order valence-corrected chi connectivity index (χ2v) is 3.33. The molecule has 0 atom stereocenters. The molecule has 2 aromatic rings. The van der Waals surface area contributed by atoms with E-state index in [4.69, 9.17) is 0 Å². The summed E-state index contributed by atoms with van der Waals surface area (Å²) in [5.41, 5.74) is 2.14. The van der Waals surface area contributed by atoms with Crippen LogP contribution in [-0.2, 0) is 0 Å². The van der Waals surface area contributed by atoms with E-state index in [1.165, 1.54) is 10.9 Å². The summed E-state index contributed by atoms with van der Waals surface area (Å²) in [5, 5.41) is 4.75. The highest BCUT2D eigenvalue weighted by Crippen LogP contribution is 2.27. The highest BCUT2D eigenvalue weighted by molar-refractivity contribution is 7.78. The molecule has 0 N–H and O–H groups in total. The van der Waals surface area contributed by atoms with Gasteiger partial charge in [-0.25, -0.2) is 0 Å². The van der Waals surface area contributed by atoms with Crippen LogP contribution in [0, 0.1) is 6.92 Å². The predicted octanol–water partition coefficient (Wildman–Crippen LogP) is 3.88. The third kappa shape index (κ3) is 1.46. The summed E-state index contributed by atoms with van der Waals surface area (Å²) in [7, 11) is 0. The number of nitrogens with zero attached hydrogens (tertiary/aromatic N) is 1. The standard InChI is InChI=1S/C12H9NS/c1-9-6-7-12(13-8-14)11-5-3-2-4-10(9)11/h2-7H,1H3. The molecule has 2 aromatic carbocycles. The van der Waals surface area contributed by atoms with Crippen molar-refractivity contribution in [1.29, 1.82) is 0 Å². The smallest absolute Gasteiger partial charge is 0.0818 e. The Morgan fingerprint density at radius 3 is 2.50 bits per heavy atom. The quantitative estimate of drug-likeness (QED) is 0.501. The van der Waals surface area contributed by atoms with E-state index in [1.54, 1.807) is 0 Å². The third-order valence-electron chi connectivity index (χ3n) is 2.29. The van der Waals surface area contributed by atoms with E-state index in [2.05, 4.69) is 35.4 Å². The second-order valence-electron chi connectivity index (χ2n) is 3.15. The predicted molar refractivity (Wildman–Crippen MR) is 63.4 cm³/mol. The van der Waals surface area contributed by atoms with Crippen molar-refractivity contribution >= 4 is 33.8 Å². The van der Waals surface area contributed by atoms with Crippen molar-refractivity contribution in [3.05, 3.63) is 42.0 Å². The minimum absolute atomic E-state index is 0.890. The van der Waals surface area contributed by atoms with Crippen LogP contribution in [-0.4, -0.2) is 5.16 Å². The maximum absolute atomic E-state index is 4.61. The molecule has 0 bridgehead atoms. The lowest BCUT2D eigenvalue weighted by molar-refractivity contribution is 1.50. The monoisotopic (exact) mass is 199 g/mol. The summed E-state index contributed by atoms with van der Waals surface area (Å²) < 4.78 is 0. The van der Waals surface area contributed by atoms with Gasteiger partial charge in [-0.15, -0.1) is 0 Å². The third-order valence-corrected chi connectivity index (χ3v) is 2.38. The minimum atomic E-state index is 0.890. The first kappa shape index (κ1) is 9.07. The fourth-order valence-electron chi connectivity index (χ4n) is 1.58. The van der Waals surface area contributed by atoms with Crippen LogP contribution in [0.25, 0.3) is 10.8 Å². The molecule has 0 saturated carbocycles. The Balaban J connectivity index is 2.88. The maximum Gasteiger partial charge on any atom is 0.0818 e. The molecular weight excluding hydrogens is 190 g/mol. The van der Waals surface area contributed by atoms with Crippen molar-refractivity contribution in [2.24, 2.45) is 4.99 Å². The fraction of sp³-hybridized carbons (Fsp3) is 0.0833. The molecule has 0 aliphatic carbocycles. The second kappa shape index (κ2) is 3.70. The molecule has 0 radical (unpaired) electrons. The van der Waals surface area contributed by atoms with Gasteiger partial charge in [0.25, 0.3) is 0 Å². The van der Waals surface area contributed by atoms with Gasteiger partial charge in [0.1, 0.15) is 0 Å². The zero-order valence-corrected chi connectivity index (χ0v) is 8.64. The number of hydrogen-bond acceptors (Lipinski definition) is 2. The summed E-state index contributed by atoms with van der Waals surface area (Å²) >= 11 is 4.61. The summed E-state index contributed by atoms with van der Waals surface area (Å²) in [5.74, 6) is 0. The molecular formula is C12H9NS. The van der Waals surface area contributed by atoms with Crippen LogP contribution in [0.4, 0.5) is 5.69 Å². The van der Waals surface area contributed by atoms with Crippen molar-refractivity contribution in [2.45, 2.75) is 6.92 Å². The number of fused-ring (bicyclic) bond motifs is 1. The molecule has 0 heterocycles. The first-order valence-corrected chi connectivity index (χ1v) is 4.80. The molecule has 0 aliphatic heterocycles. The van der Waals surface area contributed by atoms with Crippen molar-refractivity contribution in [1.82, 2.24) is 0 Å². The Morgan fingerprint density at radius 2 is 1.79 bits per heavy atom. The van der Waals surface area contributed by atoms with Gasteiger partial charge in [-0.3, -0.25) is 0 Å². The molecule has 68 valence electrons. The van der Waals surface area contributed by atoms with Crippen LogP contribution in [0.3, 0.4) is 0 Å². The number of aryl methyl sites for hydroxylation is 1. The lowest BCUT2D eigenvalue weighted by Crippen LogP contribution is -1.78. The van der Waals surface area contributed by atoms with Gasteiger partial charge in [0.05, 0.1) is 10.8 Å². The van der Waals surface area contributed by atoms with E-state index in [1.807, 2.05) is 30.3 Å². The Morgan fingerprint density at radius 1 is 1.07 bits per heavy atom. The van der Waals surface area contributed by atoms with Gasteiger partial charge in [-0.05, 0) is 36.2 Å². The molecule has 0 aliphatic rings. The number of thiocarbonyl (C=S) groups is 1. The van der Waals surface area contributed by atoms with Gasteiger partial charge in [0.2, 0.25) is 0 Å². The summed E-state index contributed by atoms with van der Waals surface area (Å²) in [4.78, 5) is 4.04. The molecule has 0 saturated heterocycles. The topological polar surface area (TPSA) is 12.4 Å². The van der Waals surface area contributed by atoms with Crippen molar-refractivity contribution in [3.8, 4) is 0 Å². The highest BCUT2D eigenvalue weighted by Gasteiger charge is 2.00. The van der Waals surface area contributed by atoms with Crippen LogP contribution in [0.1, 0.15) is 5.56 Å². The Labute approximate surface area is 88.1 Å². The SMILES string of the molecule is Cc1ccc(N=C=S)c2ccccc12. The van der Waals surface area contributed by atoms with Crippen molar-refractivity contribution in [3.63, 3.8) is 0 Å². The number of hydrogen-bond donors (Lipinski definition) is 0. The van der Waals surface area contributed by atoms with Crippen LogP contribution in [0.5, 0.6) is 0 Å². The van der Waals surface area contributed by atoms with E-state index in [-0.39, 0.29) is 0 Å². The molecule has 0 fully saturated rings. The summed E-state index contributed by atoms with van der Waals surface area (Å²) in [6.45, 7) is 2.09. The van der Waals surface area contributed by atoms with Crippen LogP contribution in [0.2, 0.25) is 0 Å². The lowest BCUT2D eigenvalue weighted by atomic mass is 10.0. The van der Waals surface area contributed by atoms with E-state index in [0.717, 1.165) is 11.1 Å². The van der Waals surface area contributed by atoms with E-state index < -0.39 is 0 Å². The number of isothiocyanates is 1. The number of benzene rings is 2. The fourth-order valence-corrected chi connectivity index (χ4v) is 1.68. The summed E-state index contributed by atoms with van der Waals surface area (Å²) in [6.07, 6.45) is 0. The van der Waals surface area contributed by atoms with Crippen LogP contribution >= 0.6 is 12.2 Å². The molecule has 0 aromatic heterocycles. The van der Waals surface area contributed by atoms with E-state index >= 15 is 0 Å². The summed E-state index contributed by atoms with van der Waals surface area (Å²) in [6, 6.07) is 12.2. The average Bonchev–Trinajstić information content (AvgIpc) is 2.23. The molecule has 0 unspecified atom stereocenters. The first-order chi connectivity index (χ1) is 6.83. The average molecular weight is 199 g/mol. The normalized spacial score (nSPS) is 9.79. The number of rotatable bonds is 1. The molecule has 14 heavy (non-hydrogen) atoms. The van der Waals surface area contributed by atoms with Crippen LogP contribution in [0.15, 0.2) is 41.4 Å². The minimum Gasteiger partial charge on any atom is -0.194 e. The molecule has 0 amide bonds. The Hall–Kier alpha value is -1.50. The molecule has 2 heteroatoms. The largest absolute Gasteiger partial charge is 0.194 e. The molecule has 0 spiro atoms.